The average molecular weight is 1260 g/mol. The molecule has 6 heterocycles. The summed E-state index contributed by atoms with van der Waals surface area (Å²) in [5, 5.41) is 0. The molecule has 4 aliphatic rings. The largest absolute Gasteiger partial charge is 0.311 e. The first-order valence-electron chi connectivity index (χ1n) is 28.3. The van der Waals surface area contributed by atoms with Gasteiger partial charge in [0.1, 0.15) is 0 Å². The monoisotopic (exact) mass is 1260 g/mol. The molecule has 0 spiro atoms. The molecular weight excluding hydrogens is 1190 g/mol. The third-order valence-electron chi connectivity index (χ3n) is 17.2. The fraction of sp³-hybridized carbons (Fsp3) is 0.288. The molecule has 0 atom stereocenters. The van der Waals surface area contributed by atoms with E-state index >= 15 is 0 Å². The zero-order valence-corrected chi connectivity index (χ0v) is 53.1. The van der Waals surface area contributed by atoms with Gasteiger partial charge in [-0.2, -0.15) is 0 Å². The number of halogens is 1. The van der Waals surface area contributed by atoms with Crippen LogP contribution in [-0.2, 0) is 47.2 Å². The summed E-state index contributed by atoms with van der Waals surface area (Å²) in [4.78, 5) is 17.3. The topological polar surface area (TPSA) is 32.3 Å². The number of hydrogen-bond donors (Lipinski definition) is 0. The van der Waals surface area contributed by atoms with Gasteiger partial charge < -0.3 is 19.8 Å². The van der Waals surface area contributed by atoms with Gasteiger partial charge in [0.2, 0.25) is 0 Å². The predicted octanol–water partition coefficient (Wildman–Crippen LogP) is 17.9. The molecule has 0 N–H and O–H groups in total. The molecule has 0 saturated carbocycles. The Balaban J connectivity index is 0.000000374. The second-order valence-electron chi connectivity index (χ2n) is 27.3. The number of rotatable bonds is 3. The normalized spacial score (nSPS) is 14.4. The summed E-state index contributed by atoms with van der Waals surface area (Å²) in [7, 11) is 0. The number of pyridine rings is 2. The SMILES string of the molecule is CC(C)(C)c1ccc2c(c1)Sc1cc(C(C)(C)C)cc3c1N2c1cc(-c2ccc(-c4[c-]cccc4)nc2)cc2c1B3c1cc(C(C)(C)C)cc3c1N2c1ccc(C(C)(C)C)cc1C3(C)C.Cc1cnc(-c2[c-]cc(F)cc2)cc1C.[Ir]. The fourth-order valence-corrected chi connectivity index (χ4v) is 13.3. The quantitative estimate of drug-likeness (QED) is 0.130. The van der Waals surface area contributed by atoms with E-state index in [4.69, 9.17) is 4.98 Å². The standard InChI is InChI=1S/C60H61BN3S.C13H11FN.Ir/c1-56(2,3)38-21-24-47-42(28-38)60(13,14)43-29-40(58(7,8)9)30-44-54(43)63(47)49-26-37(36-20-23-46(62-34-36)35-18-16-15-17-19-35)27-50-53(49)61(44)45-31-41(59(10,11)12)33-52-55(45)64(50)48-25-22-39(57(4,5)6)32-51(48)65-52;1-9-7-13(15-8-10(9)2)11-3-5-12(14)6-4-11;/h15-18,20-34H,1-14H3;3,5-8H,1-2H3;/q2*-1;. The third-order valence-corrected chi connectivity index (χ3v) is 18.3. The zero-order valence-electron chi connectivity index (χ0n) is 49.8. The number of aryl methyl sites for hydroxylation is 2. The first-order chi connectivity index (χ1) is 37.7. The molecule has 0 bridgehead atoms. The van der Waals surface area contributed by atoms with Crippen molar-refractivity contribution in [2.75, 3.05) is 9.80 Å². The molecule has 411 valence electrons. The first-order valence-corrected chi connectivity index (χ1v) is 29.2. The van der Waals surface area contributed by atoms with Gasteiger partial charge in [-0.3, -0.25) is 4.39 Å². The molecule has 0 unspecified atom stereocenters. The van der Waals surface area contributed by atoms with E-state index < -0.39 is 0 Å². The molecule has 9 aromatic rings. The van der Waals surface area contributed by atoms with Gasteiger partial charge in [-0.05, 0) is 150 Å². The van der Waals surface area contributed by atoms with E-state index in [0.717, 1.165) is 39.2 Å². The Hall–Kier alpha value is -6.57. The smallest absolute Gasteiger partial charge is 0.252 e. The van der Waals surface area contributed by atoms with Gasteiger partial charge in [0.05, 0.1) is 17.1 Å². The molecular formula is C73H72BFIrN4S-2. The number of aromatic nitrogens is 2. The average Bonchev–Trinajstić information content (AvgIpc) is 3.60. The minimum atomic E-state index is -0.275. The van der Waals surface area contributed by atoms with Crippen LogP contribution < -0.4 is 26.2 Å². The Kier molecular flexibility index (Phi) is 13.8. The first kappa shape index (κ1) is 56.3. The molecule has 0 fully saturated rings. The van der Waals surface area contributed by atoms with Crippen LogP contribution in [0.25, 0.3) is 33.6 Å². The Morgan fingerprint density at radius 1 is 0.506 bits per heavy atom. The van der Waals surface area contributed by atoms with Gasteiger partial charge in [0.25, 0.3) is 6.71 Å². The van der Waals surface area contributed by atoms with Crippen molar-refractivity contribution in [3.63, 3.8) is 0 Å². The van der Waals surface area contributed by atoms with E-state index in [0.29, 0.717) is 0 Å². The van der Waals surface area contributed by atoms with Gasteiger partial charge in [-0.25, -0.2) is 0 Å². The second kappa shape index (κ2) is 19.8. The van der Waals surface area contributed by atoms with Crippen molar-refractivity contribution in [1.29, 1.82) is 0 Å². The molecule has 8 heteroatoms. The summed E-state index contributed by atoms with van der Waals surface area (Å²) < 4.78 is 12.7. The third kappa shape index (κ3) is 9.71. The van der Waals surface area contributed by atoms with Crippen molar-refractivity contribution in [1.82, 2.24) is 9.97 Å². The van der Waals surface area contributed by atoms with Gasteiger partial charge in [-0.15, -0.1) is 65.7 Å². The minimum Gasteiger partial charge on any atom is -0.311 e. The van der Waals surface area contributed by atoms with Crippen LogP contribution in [0, 0.1) is 31.8 Å². The Labute approximate surface area is 499 Å². The van der Waals surface area contributed by atoms with Crippen LogP contribution in [0.5, 0.6) is 0 Å². The van der Waals surface area contributed by atoms with Crippen LogP contribution in [0.1, 0.15) is 141 Å². The number of hydrogen-bond acceptors (Lipinski definition) is 5. The van der Waals surface area contributed by atoms with Crippen molar-refractivity contribution in [2.24, 2.45) is 0 Å². The Morgan fingerprint density at radius 3 is 1.68 bits per heavy atom. The van der Waals surface area contributed by atoms with Crippen molar-refractivity contribution in [2.45, 2.75) is 148 Å². The van der Waals surface area contributed by atoms with Crippen molar-refractivity contribution in [3.8, 4) is 33.6 Å². The van der Waals surface area contributed by atoms with Gasteiger partial charge in [0.15, 0.2) is 0 Å². The van der Waals surface area contributed by atoms with E-state index in [1.165, 1.54) is 111 Å². The van der Waals surface area contributed by atoms with E-state index in [2.05, 4.69) is 227 Å². The molecule has 81 heavy (non-hydrogen) atoms. The van der Waals surface area contributed by atoms with Crippen molar-refractivity contribution < 1.29 is 24.5 Å². The van der Waals surface area contributed by atoms with E-state index in [1.807, 2.05) is 50.0 Å². The van der Waals surface area contributed by atoms with Crippen molar-refractivity contribution in [3.05, 3.63) is 208 Å². The summed E-state index contributed by atoms with van der Waals surface area (Å²) in [5.41, 5.74) is 27.9. The summed E-state index contributed by atoms with van der Waals surface area (Å²) in [5.74, 6) is -0.275. The number of benzene rings is 7. The van der Waals surface area contributed by atoms with Crippen LogP contribution in [0.4, 0.5) is 38.5 Å². The predicted molar refractivity (Wildman–Crippen MR) is 337 cm³/mol. The summed E-state index contributed by atoms with van der Waals surface area (Å²) >= 11 is 1.96. The van der Waals surface area contributed by atoms with Gasteiger partial charge >= 0.3 is 0 Å². The number of nitrogens with zero attached hydrogens (tertiary/aromatic N) is 4. The summed E-state index contributed by atoms with van der Waals surface area (Å²) in [6, 6.07) is 55.0. The molecule has 7 aromatic carbocycles. The molecule has 0 aliphatic carbocycles. The van der Waals surface area contributed by atoms with Crippen LogP contribution >= 0.6 is 11.8 Å². The van der Waals surface area contributed by atoms with Crippen LogP contribution in [0.2, 0.25) is 0 Å². The van der Waals surface area contributed by atoms with E-state index in [9.17, 15) is 4.39 Å². The minimum absolute atomic E-state index is 0. The van der Waals surface area contributed by atoms with E-state index in [-0.39, 0.29) is 59.7 Å². The second-order valence-corrected chi connectivity index (χ2v) is 28.4. The maximum atomic E-state index is 12.7. The van der Waals surface area contributed by atoms with Gasteiger partial charge in [0, 0.05) is 70.6 Å². The maximum Gasteiger partial charge on any atom is 0.252 e. The molecule has 1 radical (unpaired) electrons. The molecule has 0 saturated heterocycles. The molecule has 4 aliphatic heterocycles. The molecule has 4 nitrogen and oxygen atoms in total. The number of anilines is 6. The van der Waals surface area contributed by atoms with Crippen LogP contribution in [0.15, 0.2) is 156 Å². The Morgan fingerprint density at radius 2 is 1.09 bits per heavy atom. The van der Waals surface area contributed by atoms with Gasteiger partial charge in [-0.1, -0.05) is 169 Å². The van der Waals surface area contributed by atoms with E-state index in [1.54, 1.807) is 6.07 Å². The fourth-order valence-electron chi connectivity index (χ4n) is 12.1. The van der Waals surface area contributed by atoms with Crippen LogP contribution in [0.3, 0.4) is 0 Å². The molecule has 0 amide bonds. The zero-order chi connectivity index (χ0) is 56.7. The van der Waals surface area contributed by atoms with Crippen LogP contribution in [-0.4, -0.2) is 16.7 Å². The molecule has 2 aromatic heterocycles. The maximum absolute atomic E-state index is 12.7. The molecule has 13 rings (SSSR count). The summed E-state index contributed by atoms with van der Waals surface area (Å²) in [6.07, 6.45) is 3.89. The number of fused-ring (bicyclic) bond motifs is 8. The Bertz CT molecular complexity index is 3970. The summed E-state index contributed by atoms with van der Waals surface area (Å²) in [6.45, 7) is 37.3. The van der Waals surface area contributed by atoms with Crippen molar-refractivity contribution >= 4 is 69.0 Å².